The molecule has 0 spiro atoms. The standard InChI is InChI=1S/C28H22FN3O3S/c1-17(26(33)31-21-12-14-23(15-13-21)35-22-6-4-3-5-7-22)32-16-30-27-25(28(32)34)24(18(2)36-27)19-8-10-20(29)11-9-19/h3-17H,1-2H3,(H,31,33). The zero-order chi connectivity index (χ0) is 25.2. The average Bonchev–Trinajstić information content (AvgIpc) is 3.23. The number of ether oxygens (including phenoxy) is 1. The third-order valence-corrected chi connectivity index (χ3v) is 6.86. The van der Waals surface area contributed by atoms with E-state index in [9.17, 15) is 14.0 Å². The third-order valence-electron chi connectivity index (χ3n) is 5.84. The van der Waals surface area contributed by atoms with Gasteiger partial charge in [0.1, 0.15) is 28.2 Å². The lowest BCUT2D eigenvalue weighted by Crippen LogP contribution is -2.31. The molecule has 0 bridgehead atoms. The van der Waals surface area contributed by atoms with Crippen LogP contribution in [-0.2, 0) is 4.79 Å². The zero-order valence-corrected chi connectivity index (χ0v) is 20.4. The van der Waals surface area contributed by atoms with Crippen LogP contribution in [0.1, 0.15) is 17.8 Å². The maximum Gasteiger partial charge on any atom is 0.263 e. The van der Waals surface area contributed by atoms with Gasteiger partial charge in [-0.3, -0.25) is 14.2 Å². The molecule has 6 nitrogen and oxygen atoms in total. The summed E-state index contributed by atoms with van der Waals surface area (Å²) in [5, 5.41) is 3.27. The first kappa shape index (κ1) is 23.4. The van der Waals surface area contributed by atoms with Gasteiger partial charge in [0.25, 0.3) is 5.56 Å². The van der Waals surface area contributed by atoms with E-state index in [1.165, 1.54) is 34.4 Å². The first-order chi connectivity index (χ1) is 17.4. The van der Waals surface area contributed by atoms with Crippen LogP contribution in [0.4, 0.5) is 10.1 Å². The van der Waals surface area contributed by atoms with E-state index in [1.807, 2.05) is 37.3 Å². The number of benzene rings is 3. The predicted molar refractivity (Wildman–Crippen MR) is 140 cm³/mol. The smallest absolute Gasteiger partial charge is 0.263 e. The highest BCUT2D eigenvalue weighted by atomic mass is 32.1. The van der Waals surface area contributed by atoms with Gasteiger partial charge in [0.2, 0.25) is 5.91 Å². The van der Waals surface area contributed by atoms with Gasteiger partial charge in [0.15, 0.2) is 0 Å². The Morgan fingerprint density at radius 2 is 1.67 bits per heavy atom. The number of fused-ring (bicyclic) bond motifs is 1. The van der Waals surface area contributed by atoms with Crippen LogP contribution < -0.4 is 15.6 Å². The number of anilines is 1. The largest absolute Gasteiger partial charge is 0.457 e. The van der Waals surface area contributed by atoms with E-state index in [-0.39, 0.29) is 17.3 Å². The minimum absolute atomic E-state index is 0.321. The molecule has 180 valence electrons. The van der Waals surface area contributed by atoms with E-state index >= 15 is 0 Å². The molecule has 8 heteroatoms. The summed E-state index contributed by atoms with van der Waals surface area (Å²) >= 11 is 1.39. The Kier molecular flexibility index (Phi) is 6.35. The van der Waals surface area contributed by atoms with Crippen molar-refractivity contribution in [2.24, 2.45) is 0 Å². The van der Waals surface area contributed by atoms with E-state index in [2.05, 4.69) is 10.3 Å². The summed E-state index contributed by atoms with van der Waals surface area (Å²) in [5.74, 6) is 0.648. The number of halogens is 1. The van der Waals surface area contributed by atoms with Crippen LogP contribution in [0.3, 0.4) is 0 Å². The van der Waals surface area contributed by atoms with Gasteiger partial charge >= 0.3 is 0 Å². The second-order valence-electron chi connectivity index (χ2n) is 8.28. The lowest BCUT2D eigenvalue weighted by atomic mass is 10.0. The Morgan fingerprint density at radius 1 is 1.00 bits per heavy atom. The summed E-state index contributed by atoms with van der Waals surface area (Å²) in [6.45, 7) is 3.55. The van der Waals surface area contributed by atoms with Crippen molar-refractivity contribution in [3.05, 3.63) is 106 Å². The minimum Gasteiger partial charge on any atom is -0.457 e. The summed E-state index contributed by atoms with van der Waals surface area (Å²) in [4.78, 5) is 32.4. The fraction of sp³-hybridized carbons (Fsp3) is 0.107. The molecule has 1 amide bonds. The van der Waals surface area contributed by atoms with Crippen molar-refractivity contribution in [1.29, 1.82) is 0 Å². The fourth-order valence-electron chi connectivity index (χ4n) is 3.96. The van der Waals surface area contributed by atoms with Gasteiger partial charge in [-0.2, -0.15) is 0 Å². The monoisotopic (exact) mass is 499 g/mol. The van der Waals surface area contributed by atoms with Gasteiger partial charge in [0, 0.05) is 16.1 Å². The molecule has 3 aromatic carbocycles. The number of thiophene rings is 1. The van der Waals surface area contributed by atoms with Gasteiger partial charge < -0.3 is 10.1 Å². The molecular weight excluding hydrogens is 477 g/mol. The maximum absolute atomic E-state index is 13.5. The first-order valence-corrected chi connectivity index (χ1v) is 12.1. The molecule has 0 saturated carbocycles. The van der Waals surface area contributed by atoms with Crippen molar-refractivity contribution >= 4 is 33.1 Å². The number of hydrogen-bond acceptors (Lipinski definition) is 5. The topological polar surface area (TPSA) is 73.2 Å². The van der Waals surface area contributed by atoms with Crippen LogP contribution >= 0.6 is 11.3 Å². The number of rotatable bonds is 6. The van der Waals surface area contributed by atoms with E-state index in [0.29, 0.717) is 33.0 Å². The highest BCUT2D eigenvalue weighted by molar-refractivity contribution is 7.19. The summed E-state index contributed by atoms with van der Waals surface area (Å²) in [6.07, 6.45) is 1.40. The second kappa shape index (κ2) is 9.75. The molecule has 36 heavy (non-hydrogen) atoms. The number of aryl methyl sites for hydroxylation is 1. The average molecular weight is 500 g/mol. The van der Waals surface area contributed by atoms with Crippen LogP contribution in [0.15, 0.2) is 90.0 Å². The number of hydrogen-bond donors (Lipinski definition) is 1. The molecular formula is C28H22FN3O3S. The van der Waals surface area contributed by atoms with Gasteiger partial charge in [-0.05, 0) is 67.9 Å². The van der Waals surface area contributed by atoms with Gasteiger partial charge in [-0.1, -0.05) is 30.3 Å². The zero-order valence-electron chi connectivity index (χ0n) is 19.6. The van der Waals surface area contributed by atoms with Crippen LogP contribution in [0.5, 0.6) is 11.5 Å². The van der Waals surface area contributed by atoms with E-state index < -0.39 is 6.04 Å². The second-order valence-corrected chi connectivity index (χ2v) is 9.49. The SMILES string of the molecule is Cc1sc2ncn(C(C)C(=O)Nc3ccc(Oc4ccccc4)cc3)c(=O)c2c1-c1ccc(F)cc1. The van der Waals surface area contributed by atoms with Crippen LogP contribution in [0.2, 0.25) is 0 Å². The van der Waals surface area contributed by atoms with Gasteiger partial charge in [0.05, 0.1) is 11.7 Å². The Labute approximate surface area is 210 Å². The number of nitrogens with one attached hydrogen (secondary N) is 1. The molecule has 0 radical (unpaired) electrons. The number of nitrogens with zero attached hydrogens (tertiary/aromatic N) is 2. The normalized spacial score (nSPS) is 11.9. The van der Waals surface area contributed by atoms with E-state index in [1.54, 1.807) is 43.3 Å². The Bertz CT molecular complexity index is 1590. The van der Waals surface area contributed by atoms with Crippen LogP contribution in [0, 0.1) is 12.7 Å². The first-order valence-electron chi connectivity index (χ1n) is 11.3. The highest BCUT2D eigenvalue weighted by Gasteiger charge is 2.22. The maximum atomic E-state index is 13.5. The quantitative estimate of drug-likeness (QED) is 0.287. The number of carbonyl (C=O) groups is 1. The van der Waals surface area contributed by atoms with Crippen molar-refractivity contribution in [2.75, 3.05) is 5.32 Å². The van der Waals surface area contributed by atoms with E-state index in [0.717, 1.165) is 10.4 Å². The predicted octanol–water partition coefficient (Wildman–Crippen LogP) is 6.56. The van der Waals surface area contributed by atoms with Crippen LogP contribution in [-0.4, -0.2) is 15.5 Å². The highest BCUT2D eigenvalue weighted by Crippen LogP contribution is 2.35. The van der Waals surface area contributed by atoms with Gasteiger partial charge in [-0.15, -0.1) is 11.3 Å². The van der Waals surface area contributed by atoms with Crippen molar-refractivity contribution in [2.45, 2.75) is 19.9 Å². The number of amides is 1. The van der Waals surface area contributed by atoms with E-state index in [4.69, 9.17) is 4.74 Å². The van der Waals surface area contributed by atoms with Crippen molar-refractivity contribution < 1.29 is 13.9 Å². The Balaban J connectivity index is 1.38. The lowest BCUT2D eigenvalue weighted by molar-refractivity contribution is -0.118. The molecule has 5 rings (SSSR count). The summed E-state index contributed by atoms with van der Waals surface area (Å²) in [7, 11) is 0. The van der Waals surface area contributed by atoms with Crippen molar-refractivity contribution in [3.8, 4) is 22.6 Å². The molecule has 2 heterocycles. The molecule has 0 aliphatic heterocycles. The fourth-order valence-corrected chi connectivity index (χ4v) is 4.96. The Morgan fingerprint density at radius 3 is 2.36 bits per heavy atom. The lowest BCUT2D eigenvalue weighted by Gasteiger charge is -2.15. The molecule has 0 fully saturated rings. The molecule has 2 aromatic heterocycles. The summed E-state index contributed by atoms with van der Waals surface area (Å²) in [6, 6.07) is 21.6. The molecule has 1 unspecified atom stereocenters. The summed E-state index contributed by atoms with van der Waals surface area (Å²) in [5.41, 5.74) is 1.70. The summed E-state index contributed by atoms with van der Waals surface area (Å²) < 4.78 is 20.6. The molecule has 1 N–H and O–H groups in total. The third kappa shape index (κ3) is 4.63. The number of para-hydroxylation sites is 1. The minimum atomic E-state index is -0.809. The van der Waals surface area contributed by atoms with Crippen molar-refractivity contribution in [1.82, 2.24) is 9.55 Å². The van der Waals surface area contributed by atoms with Crippen molar-refractivity contribution in [3.63, 3.8) is 0 Å². The molecule has 0 aliphatic carbocycles. The number of carbonyl (C=O) groups excluding carboxylic acids is 1. The van der Waals surface area contributed by atoms with Gasteiger partial charge in [-0.25, -0.2) is 9.37 Å². The molecule has 1 atom stereocenters. The molecule has 0 saturated heterocycles. The number of aromatic nitrogens is 2. The van der Waals surface area contributed by atoms with Crippen LogP contribution in [0.25, 0.3) is 21.3 Å². The molecule has 5 aromatic rings. The Hall–Kier alpha value is -4.30. The molecule has 0 aliphatic rings.